The lowest BCUT2D eigenvalue weighted by atomic mass is 10.0. The topological polar surface area (TPSA) is 55.9 Å². The van der Waals surface area contributed by atoms with Gasteiger partial charge in [-0.3, -0.25) is 16.0 Å². The maximum atomic E-state index is 5.62. The zero-order chi connectivity index (χ0) is 12.8. The summed E-state index contributed by atoms with van der Waals surface area (Å²) in [7, 11) is 1.94. The molecule has 1 heterocycles. The summed E-state index contributed by atoms with van der Waals surface area (Å²) in [5.74, 6) is 5.62. The van der Waals surface area contributed by atoms with Crippen LogP contribution in [0.3, 0.4) is 0 Å². The summed E-state index contributed by atoms with van der Waals surface area (Å²) in [5, 5.41) is 4.17. The Labute approximate surface area is 108 Å². The van der Waals surface area contributed by atoms with E-state index >= 15 is 0 Å². The molecule has 0 aliphatic carbocycles. The number of hydrazine groups is 1. The van der Waals surface area contributed by atoms with Gasteiger partial charge < -0.3 is 0 Å². The Kier molecular flexibility index (Phi) is 4.50. The van der Waals surface area contributed by atoms with Crippen LogP contribution in [0.4, 0.5) is 0 Å². The second kappa shape index (κ2) is 6.33. The molecular weight excluding hydrogens is 224 g/mol. The van der Waals surface area contributed by atoms with Gasteiger partial charge in [0.05, 0.1) is 6.20 Å². The smallest absolute Gasteiger partial charge is 0.0521 e. The van der Waals surface area contributed by atoms with Crippen LogP contribution in [-0.4, -0.2) is 15.8 Å². The van der Waals surface area contributed by atoms with Crippen molar-refractivity contribution in [3.63, 3.8) is 0 Å². The molecule has 4 nitrogen and oxygen atoms in total. The van der Waals surface area contributed by atoms with E-state index in [0.29, 0.717) is 6.04 Å². The zero-order valence-electron chi connectivity index (χ0n) is 10.7. The molecule has 4 heteroatoms. The summed E-state index contributed by atoms with van der Waals surface area (Å²) in [6.45, 7) is 0. The average Bonchev–Trinajstić information content (AvgIpc) is 2.81. The van der Waals surface area contributed by atoms with E-state index in [2.05, 4.69) is 41.0 Å². The number of nitrogens with zero attached hydrogens (tertiary/aromatic N) is 2. The van der Waals surface area contributed by atoms with Crippen LogP contribution in [-0.2, 0) is 19.9 Å². The largest absolute Gasteiger partial charge is 0.276 e. The minimum absolute atomic E-state index is 0.299. The Bertz CT molecular complexity index is 464. The summed E-state index contributed by atoms with van der Waals surface area (Å²) in [4.78, 5) is 0. The maximum Gasteiger partial charge on any atom is 0.0521 e. The molecule has 0 fully saturated rings. The van der Waals surface area contributed by atoms with Gasteiger partial charge in [0.15, 0.2) is 0 Å². The van der Waals surface area contributed by atoms with Gasteiger partial charge in [-0.2, -0.15) is 5.10 Å². The van der Waals surface area contributed by atoms with Crippen molar-refractivity contribution in [1.82, 2.24) is 15.2 Å². The van der Waals surface area contributed by atoms with Gasteiger partial charge in [0.25, 0.3) is 0 Å². The molecular formula is C14H20N4. The Morgan fingerprint density at radius 2 is 2.06 bits per heavy atom. The van der Waals surface area contributed by atoms with Crippen LogP contribution in [0.5, 0.6) is 0 Å². The minimum atomic E-state index is 0.299. The van der Waals surface area contributed by atoms with Crippen LogP contribution in [0.1, 0.15) is 17.5 Å². The van der Waals surface area contributed by atoms with Crippen molar-refractivity contribution < 1.29 is 0 Å². The number of aromatic nitrogens is 2. The van der Waals surface area contributed by atoms with E-state index in [4.69, 9.17) is 5.84 Å². The summed E-state index contributed by atoms with van der Waals surface area (Å²) in [6.07, 6.45) is 6.93. The molecule has 18 heavy (non-hydrogen) atoms. The van der Waals surface area contributed by atoms with Crippen molar-refractivity contribution in [2.24, 2.45) is 12.9 Å². The quantitative estimate of drug-likeness (QED) is 0.597. The summed E-state index contributed by atoms with van der Waals surface area (Å²) in [6, 6.07) is 10.7. The van der Waals surface area contributed by atoms with Gasteiger partial charge in [-0.1, -0.05) is 30.3 Å². The summed E-state index contributed by atoms with van der Waals surface area (Å²) >= 11 is 0. The highest BCUT2D eigenvalue weighted by Gasteiger charge is 2.08. The Balaban J connectivity index is 1.86. The molecule has 0 saturated heterocycles. The van der Waals surface area contributed by atoms with E-state index in [1.807, 2.05) is 24.0 Å². The van der Waals surface area contributed by atoms with Crippen molar-refractivity contribution in [3.05, 3.63) is 53.9 Å². The molecule has 1 aromatic carbocycles. The van der Waals surface area contributed by atoms with Gasteiger partial charge >= 0.3 is 0 Å². The lowest BCUT2D eigenvalue weighted by molar-refractivity contribution is 0.491. The first-order valence-electron chi connectivity index (χ1n) is 6.25. The number of rotatable bonds is 6. The van der Waals surface area contributed by atoms with Crippen LogP contribution in [0, 0.1) is 0 Å². The fourth-order valence-electron chi connectivity index (χ4n) is 2.08. The van der Waals surface area contributed by atoms with E-state index in [1.54, 1.807) is 0 Å². The molecule has 1 aromatic heterocycles. The second-order valence-electron chi connectivity index (χ2n) is 4.61. The average molecular weight is 244 g/mol. The molecule has 1 atom stereocenters. The first-order chi connectivity index (χ1) is 8.78. The van der Waals surface area contributed by atoms with E-state index in [-0.39, 0.29) is 0 Å². The number of nitrogens with one attached hydrogen (secondary N) is 1. The van der Waals surface area contributed by atoms with Gasteiger partial charge in [0.1, 0.15) is 0 Å². The van der Waals surface area contributed by atoms with Gasteiger partial charge in [-0.25, -0.2) is 0 Å². The molecule has 0 radical (unpaired) electrons. The predicted molar refractivity (Wildman–Crippen MR) is 72.8 cm³/mol. The Morgan fingerprint density at radius 1 is 1.28 bits per heavy atom. The van der Waals surface area contributed by atoms with Gasteiger partial charge in [-0.15, -0.1) is 0 Å². The SMILES string of the molecule is Cn1cc(CCC(Cc2ccccc2)NN)cn1. The highest BCUT2D eigenvalue weighted by Crippen LogP contribution is 2.09. The number of nitrogens with two attached hydrogens (primary N) is 1. The van der Waals surface area contributed by atoms with Crippen molar-refractivity contribution in [2.45, 2.75) is 25.3 Å². The molecule has 0 aliphatic heterocycles. The Hall–Kier alpha value is -1.65. The molecule has 2 rings (SSSR count). The van der Waals surface area contributed by atoms with Gasteiger partial charge in [0.2, 0.25) is 0 Å². The third kappa shape index (κ3) is 3.68. The maximum absolute atomic E-state index is 5.62. The summed E-state index contributed by atoms with van der Waals surface area (Å²) in [5.41, 5.74) is 5.47. The molecule has 2 aromatic rings. The van der Waals surface area contributed by atoms with Crippen molar-refractivity contribution in [1.29, 1.82) is 0 Å². The van der Waals surface area contributed by atoms with Crippen molar-refractivity contribution in [3.8, 4) is 0 Å². The predicted octanol–water partition coefficient (Wildman–Crippen LogP) is 1.43. The molecule has 3 N–H and O–H groups in total. The first kappa shape index (κ1) is 12.8. The highest BCUT2D eigenvalue weighted by atomic mass is 15.2. The zero-order valence-corrected chi connectivity index (χ0v) is 10.7. The highest BCUT2D eigenvalue weighted by molar-refractivity contribution is 5.16. The van der Waals surface area contributed by atoms with Crippen molar-refractivity contribution in [2.75, 3.05) is 0 Å². The first-order valence-corrected chi connectivity index (χ1v) is 6.25. The lowest BCUT2D eigenvalue weighted by Crippen LogP contribution is -2.37. The number of aryl methyl sites for hydroxylation is 2. The molecule has 0 amide bonds. The molecule has 0 bridgehead atoms. The van der Waals surface area contributed by atoms with E-state index in [9.17, 15) is 0 Å². The lowest BCUT2D eigenvalue weighted by Gasteiger charge is -2.15. The molecule has 96 valence electrons. The van der Waals surface area contributed by atoms with Crippen LogP contribution in [0.25, 0.3) is 0 Å². The fourth-order valence-corrected chi connectivity index (χ4v) is 2.08. The molecule has 0 aliphatic rings. The van der Waals surface area contributed by atoms with Crippen LogP contribution < -0.4 is 11.3 Å². The summed E-state index contributed by atoms with van der Waals surface area (Å²) < 4.78 is 1.83. The van der Waals surface area contributed by atoms with Crippen LogP contribution in [0.2, 0.25) is 0 Å². The molecule has 0 spiro atoms. The minimum Gasteiger partial charge on any atom is -0.276 e. The van der Waals surface area contributed by atoms with Crippen molar-refractivity contribution >= 4 is 0 Å². The number of benzene rings is 1. The second-order valence-corrected chi connectivity index (χ2v) is 4.61. The number of hydrogen-bond donors (Lipinski definition) is 2. The van der Waals surface area contributed by atoms with Gasteiger partial charge in [-0.05, 0) is 30.4 Å². The molecule has 1 unspecified atom stereocenters. The van der Waals surface area contributed by atoms with E-state index < -0.39 is 0 Å². The van der Waals surface area contributed by atoms with Crippen LogP contribution in [0.15, 0.2) is 42.7 Å². The van der Waals surface area contributed by atoms with Gasteiger partial charge in [0, 0.05) is 19.3 Å². The number of hydrogen-bond acceptors (Lipinski definition) is 3. The normalized spacial score (nSPS) is 12.6. The monoisotopic (exact) mass is 244 g/mol. The third-order valence-corrected chi connectivity index (χ3v) is 3.10. The van der Waals surface area contributed by atoms with E-state index in [1.165, 1.54) is 11.1 Å². The Morgan fingerprint density at radius 3 is 2.67 bits per heavy atom. The third-order valence-electron chi connectivity index (χ3n) is 3.10. The standard InChI is InChI=1S/C14H20N4/c1-18-11-13(10-16-18)7-8-14(17-15)9-12-5-3-2-4-6-12/h2-6,10-11,14,17H,7-9,15H2,1H3. The molecule has 0 saturated carbocycles. The fraction of sp³-hybridized carbons (Fsp3) is 0.357. The van der Waals surface area contributed by atoms with E-state index in [0.717, 1.165) is 19.3 Å². The van der Waals surface area contributed by atoms with Crippen LogP contribution >= 0.6 is 0 Å².